The average molecular weight is 782 g/mol. The van der Waals surface area contributed by atoms with Gasteiger partial charge >= 0.3 is 11.9 Å². The smallest absolute Gasteiger partial charge is 0.306 e. The van der Waals surface area contributed by atoms with Crippen LogP contribution in [0, 0.1) is 0 Å². The summed E-state index contributed by atoms with van der Waals surface area (Å²) in [4.78, 5) is 37.4. The van der Waals surface area contributed by atoms with Crippen molar-refractivity contribution in [3.63, 3.8) is 0 Å². The van der Waals surface area contributed by atoms with Crippen molar-refractivity contribution in [2.45, 2.75) is 174 Å². The number of phosphoric ester groups is 1. The van der Waals surface area contributed by atoms with Crippen molar-refractivity contribution in [2.24, 2.45) is 0 Å². The van der Waals surface area contributed by atoms with Gasteiger partial charge in [0.25, 0.3) is 7.82 Å². The number of nitrogens with zero attached hydrogens (tertiary/aromatic N) is 1. The molecule has 314 valence electrons. The number of phosphoric acid groups is 1. The maximum absolute atomic E-state index is 12.6. The number of ether oxygens (including phenoxy) is 2. The highest BCUT2D eigenvalue weighted by atomic mass is 31.2. The zero-order chi connectivity index (χ0) is 40.0. The summed E-state index contributed by atoms with van der Waals surface area (Å²) in [6.45, 7) is 4.12. The molecule has 0 aliphatic rings. The minimum atomic E-state index is -4.64. The first kappa shape index (κ1) is 52.0. The maximum atomic E-state index is 12.6. The molecular formula is C44H80NO8P. The Bertz CT molecular complexity index is 1070. The zero-order valence-electron chi connectivity index (χ0n) is 35.2. The van der Waals surface area contributed by atoms with Gasteiger partial charge in [0.1, 0.15) is 19.8 Å². The van der Waals surface area contributed by atoms with Gasteiger partial charge in [0.15, 0.2) is 6.10 Å². The molecule has 0 saturated heterocycles. The highest BCUT2D eigenvalue weighted by Gasteiger charge is 2.21. The summed E-state index contributed by atoms with van der Waals surface area (Å²) in [5, 5.41) is 0. The molecule has 0 spiro atoms. The minimum absolute atomic E-state index is 0.0413. The maximum Gasteiger partial charge on any atom is 0.306 e. The van der Waals surface area contributed by atoms with Gasteiger partial charge in [-0.05, 0) is 51.4 Å². The van der Waals surface area contributed by atoms with Crippen molar-refractivity contribution in [3.05, 3.63) is 48.6 Å². The predicted octanol–water partition coefficient (Wildman–Crippen LogP) is 11.3. The summed E-state index contributed by atoms with van der Waals surface area (Å²) in [5.41, 5.74) is 0. The van der Waals surface area contributed by atoms with Crippen molar-refractivity contribution in [1.82, 2.24) is 0 Å². The van der Waals surface area contributed by atoms with Crippen LogP contribution in [0.4, 0.5) is 0 Å². The number of esters is 2. The standard InChI is InChI=1S/C44H80NO8P/c1-6-8-10-12-14-16-18-20-21-22-23-25-27-29-31-33-35-37-44(47)53-42(41-52-54(48,49)51-39-38-45(3,4)5)40-50-43(46)36-34-32-30-28-26-24-19-17-15-13-11-9-7-2/h14,16,20-21,23,25,29,31,42H,6-13,15,17-19,22,24,26-28,30,32-41H2,1-5H3. The van der Waals surface area contributed by atoms with E-state index in [2.05, 4.69) is 56.4 Å². The number of likely N-dealkylation sites (N-methyl/N-ethyl adjacent to an activating group) is 1. The van der Waals surface area contributed by atoms with Crippen LogP contribution in [0.5, 0.6) is 0 Å². The first-order valence-electron chi connectivity index (χ1n) is 21.3. The Morgan fingerprint density at radius 1 is 0.574 bits per heavy atom. The van der Waals surface area contributed by atoms with Crippen LogP contribution in [-0.4, -0.2) is 70.0 Å². The van der Waals surface area contributed by atoms with Crippen LogP contribution in [0.1, 0.15) is 168 Å². The van der Waals surface area contributed by atoms with Gasteiger partial charge in [-0.25, -0.2) is 0 Å². The van der Waals surface area contributed by atoms with Gasteiger partial charge in [0, 0.05) is 12.8 Å². The molecular weight excluding hydrogens is 701 g/mol. The van der Waals surface area contributed by atoms with Crippen molar-refractivity contribution in [1.29, 1.82) is 0 Å². The van der Waals surface area contributed by atoms with Gasteiger partial charge in [0.2, 0.25) is 0 Å². The van der Waals surface area contributed by atoms with Gasteiger partial charge in [-0.1, -0.05) is 152 Å². The molecule has 0 aliphatic heterocycles. The Hall–Kier alpha value is -2.03. The lowest BCUT2D eigenvalue weighted by molar-refractivity contribution is -0.870. The quantitative estimate of drug-likeness (QED) is 0.0200. The van der Waals surface area contributed by atoms with Crippen molar-refractivity contribution in [3.8, 4) is 0 Å². The van der Waals surface area contributed by atoms with Crippen LogP contribution < -0.4 is 4.89 Å². The molecule has 2 unspecified atom stereocenters. The lowest BCUT2D eigenvalue weighted by Crippen LogP contribution is -2.37. The number of unbranched alkanes of at least 4 members (excludes halogenated alkanes) is 16. The molecule has 9 nitrogen and oxygen atoms in total. The van der Waals surface area contributed by atoms with E-state index in [0.29, 0.717) is 23.9 Å². The number of carbonyl (C=O) groups is 2. The molecule has 0 aromatic heterocycles. The monoisotopic (exact) mass is 782 g/mol. The van der Waals surface area contributed by atoms with Gasteiger partial charge < -0.3 is 27.9 Å². The van der Waals surface area contributed by atoms with Crippen LogP contribution in [0.15, 0.2) is 48.6 Å². The number of hydrogen-bond acceptors (Lipinski definition) is 8. The van der Waals surface area contributed by atoms with Crippen molar-refractivity contribution < 1.29 is 42.1 Å². The fraction of sp³-hybridized carbons (Fsp3) is 0.773. The molecule has 54 heavy (non-hydrogen) atoms. The average Bonchev–Trinajstić information content (AvgIpc) is 3.12. The molecule has 2 atom stereocenters. The number of allylic oxidation sites excluding steroid dienone is 8. The van der Waals surface area contributed by atoms with E-state index < -0.39 is 32.5 Å². The summed E-state index contributed by atoms with van der Waals surface area (Å²) in [5.74, 6) is -0.900. The summed E-state index contributed by atoms with van der Waals surface area (Å²) in [6.07, 6.45) is 41.4. The molecule has 0 rings (SSSR count). The number of carbonyl (C=O) groups excluding carboxylic acids is 2. The second kappa shape index (κ2) is 36.6. The van der Waals surface area contributed by atoms with E-state index in [1.54, 1.807) is 0 Å². The van der Waals surface area contributed by atoms with Gasteiger partial charge in [0.05, 0.1) is 27.7 Å². The van der Waals surface area contributed by atoms with E-state index >= 15 is 0 Å². The molecule has 0 aliphatic carbocycles. The fourth-order valence-corrected chi connectivity index (χ4v) is 6.20. The van der Waals surface area contributed by atoms with Crippen LogP contribution >= 0.6 is 7.82 Å². The Balaban J connectivity index is 4.49. The lowest BCUT2D eigenvalue weighted by atomic mass is 10.0. The normalized spacial score (nSPS) is 14.1. The van der Waals surface area contributed by atoms with E-state index in [9.17, 15) is 19.0 Å². The van der Waals surface area contributed by atoms with E-state index in [-0.39, 0.29) is 26.1 Å². The summed E-state index contributed by atoms with van der Waals surface area (Å²) < 4.78 is 33.8. The van der Waals surface area contributed by atoms with Gasteiger partial charge in [-0.2, -0.15) is 0 Å². The molecule has 0 saturated carbocycles. The number of hydrogen-bond donors (Lipinski definition) is 0. The Morgan fingerprint density at radius 3 is 1.54 bits per heavy atom. The Kier molecular flexibility index (Phi) is 35.2. The summed E-state index contributed by atoms with van der Waals surface area (Å²) in [6, 6.07) is 0. The Labute approximate surface area is 331 Å². The second-order valence-electron chi connectivity index (χ2n) is 15.4. The number of rotatable bonds is 38. The fourth-order valence-electron chi connectivity index (χ4n) is 5.47. The lowest BCUT2D eigenvalue weighted by Gasteiger charge is -2.28. The molecule has 0 amide bonds. The highest BCUT2D eigenvalue weighted by molar-refractivity contribution is 7.45. The third-order valence-corrected chi connectivity index (χ3v) is 9.82. The number of quaternary nitrogens is 1. The van der Waals surface area contributed by atoms with Crippen molar-refractivity contribution in [2.75, 3.05) is 47.5 Å². The minimum Gasteiger partial charge on any atom is -0.756 e. The van der Waals surface area contributed by atoms with Crippen LogP contribution in [0.3, 0.4) is 0 Å². The van der Waals surface area contributed by atoms with E-state index in [1.165, 1.54) is 89.9 Å². The third kappa shape index (κ3) is 39.7. The molecule has 0 radical (unpaired) electrons. The largest absolute Gasteiger partial charge is 0.756 e. The summed E-state index contributed by atoms with van der Waals surface area (Å²) in [7, 11) is 1.13. The first-order chi connectivity index (χ1) is 26.0. The Morgan fingerprint density at radius 2 is 1.02 bits per heavy atom. The van der Waals surface area contributed by atoms with Crippen LogP contribution in [0.2, 0.25) is 0 Å². The molecule has 0 aromatic rings. The topological polar surface area (TPSA) is 111 Å². The van der Waals surface area contributed by atoms with Crippen LogP contribution in [-0.2, 0) is 32.7 Å². The SMILES string of the molecule is CCCCCC=CCC=CCC=CCC=CCCCC(=O)OC(COC(=O)CCCCCCCCCCCCCCC)COP(=O)([O-])OCC[N+](C)(C)C. The molecule has 0 bridgehead atoms. The van der Waals surface area contributed by atoms with E-state index in [4.69, 9.17) is 18.5 Å². The highest BCUT2D eigenvalue weighted by Crippen LogP contribution is 2.38. The molecule has 0 aromatic carbocycles. The molecule has 0 N–H and O–H groups in total. The third-order valence-electron chi connectivity index (χ3n) is 8.85. The van der Waals surface area contributed by atoms with Crippen LogP contribution in [0.25, 0.3) is 0 Å². The second-order valence-corrected chi connectivity index (χ2v) is 16.8. The summed E-state index contributed by atoms with van der Waals surface area (Å²) >= 11 is 0. The molecule has 10 heteroatoms. The first-order valence-corrected chi connectivity index (χ1v) is 22.8. The predicted molar refractivity (Wildman–Crippen MR) is 222 cm³/mol. The van der Waals surface area contributed by atoms with E-state index in [1.807, 2.05) is 27.2 Å². The molecule has 0 fully saturated rings. The molecule has 0 heterocycles. The van der Waals surface area contributed by atoms with Gasteiger partial charge in [-0.15, -0.1) is 0 Å². The van der Waals surface area contributed by atoms with Crippen molar-refractivity contribution >= 4 is 19.8 Å². The van der Waals surface area contributed by atoms with Gasteiger partial charge in [-0.3, -0.25) is 14.2 Å². The van der Waals surface area contributed by atoms with E-state index in [0.717, 1.165) is 38.5 Å². The zero-order valence-corrected chi connectivity index (χ0v) is 36.0.